The van der Waals surface area contributed by atoms with Gasteiger partial charge in [-0.1, -0.05) is 121 Å². The maximum absolute atomic E-state index is 5.76. The van der Waals surface area contributed by atoms with Gasteiger partial charge in [0.2, 0.25) is 0 Å². The zero-order valence-corrected chi connectivity index (χ0v) is 18.3. The van der Waals surface area contributed by atoms with E-state index in [-0.39, 0.29) is 0 Å². The Labute approximate surface area is 165 Å². The standard InChI is InChI=1S/C24H43OP/c1-2-3-4-5-6-7-8-9-10-11-12-13-14-15-16-20-23-26-25-24-21-18-17-19-22-24/h17-19,21-22,26H,2-16,20,23H2,1H3. The van der Waals surface area contributed by atoms with Gasteiger partial charge in [-0.25, -0.2) is 0 Å². The van der Waals surface area contributed by atoms with Crippen molar-refractivity contribution in [3.8, 4) is 5.75 Å². The molecule has 26 heavy (non-hydrogen) atoms. The molecule has 0 aliphatic rings. The second kappa shape index (κ2) is 19.2. The highest BCUT2D eigenvalue weighted by molar-refractivity contribution is 7.32. The van der Waals surface area contributed by atoms with Gasteiger partial charge in [-0.05, 0) is 18.6 Å². The molecule has 0 spiro atoms. The first-order chi connectivity index (χ1) is 12.9. The normalized spacial score (nSPS) is 11.4. The molecule has 1 unspecified atom stereocenters. The first kappa shape index (κ1) is 23.5. The summed E-state index contributed by atoms with van der Waals surface area (Å²) < 4.78 is 5.76. The fourth-order valence-corrected chi connectivity index (χ4v) is 4.17. The van der Waals surface area contributed by atoms with Gasteiger partial charge in [-0.2, -0.15) is 0 Å². The molecule has 150 valence electrons. The zero-order chi connectivity index (χ0) is 18.5. The molecule has 2 heteroatoms. The molecule has 0 saturated heterocycles. The van der Waals surface area contributed by atoms with Gasteiger partial charge in [-0.3, -0.25) is 0 Å². The Bertz CT molecular complexity index is 379. The smallest absolute Gasteiger partial charge is 0.122 e. The molecule has 0 amide bonds. The van der Waals surface area contributed by atoms with Gasteiger partial charge in [0.05, 0.1) is 8.81 Å². The Morgan fingerprint density at radius 1 is 0.577 bits per heavy atom. The van der Waals surface area contributed by atoms with Crippen LogP contribution in [0.1, 0.15) is 110 Å². The molecule has 0 saturated carbocycles. The Hall–Kier alpha value is -0.550. The average Bonchev–Trinajstić information content (AvgIpc) is 2.68. The maximum Gasteiger partial charge on any atom is 0.122 e. The number of hydrogen-bond donors (Lipinski definition) is 0. The largest absolute Gasteiger partial charge is 0.477 e. The van der Waals surface area contributed by atoms with Gasteiger partial charge in [0.15, 0.2) is 0 Å². The fourth-order valence-electron chi connectivity index (χ4n) is 3.37. The van der Waals surface area contributed by atoms with E-state index in [9.17, 15) is 0 Å². The molecule has 1 nitrogen and oxygen atoms in total. The lowest BCUT2D eigenvalue weighted by atomic mass is 10.0. The van der Waals surface area contributed by atoms with Crippen molar-refractivity contribution in [3.05, 3.63) is 30.3 Å². The lowest BCUT2D eigenvalue weighted by Gasteiger charge is -2.05. The number of para-hydroxylation sites is 1. The van der Waals surface area contributed by atoms with Gasteiger partial charge < -0.3 is 4.52 Å². The molecule has 1 aromatic rings. The van der Waals surface area contributed by atoms with E-state index in [2.05, 4.69) is 6.92 Å². The minimum atomic E-state index is 0.621. The van der Waals surface area contributed by atoms with Crippen molar-refractivity contribution in [2.75, 3.05) is 6.16 Å². The molecule has 1 aromatic carbocycles. The highest BCUT2D eigenvalue weighted by Gasteiger charge is 1.96. The van der Waals surface area contributed by atoms with Gasteiger partial charge in [0.25, 0.3) is 0 Å². The van der Waals surface area contributed by atoms with Crippen LogP contribution < -0.4 is 4.52 Å². The summed E-state index contributed by atoms with van der Waals surface area (Å²) in [5.41, 5.74) is 0. The molecule has 1 rings (SSSR count). The second-order valence-corrected chi connectivity index (χ2v) is 8.61. The third-order valence-corrected chi connectivity index (χ3v) is 6.00. The molecule has 0 N–H and O–H groups in total. The third kappa shape index (κ3) is 15.7. The zero-order valence-electron chi connectivity index (χ0n) is 17.3. The molecule has 0 radical (unpaired) electrons. The molecule has 0 aliphatic heterocycles. The maximum atomic E-state index is 5.76. The predicted molar refractivity (Wildman–Crippen MR) is 120 cm³/mol. The number of rotatable bonds is 19. The van der Waals surface area contributed by atoms with E-state index in [1.807, 2.05) is 30.3 Å². The van der Waals surface area contributed by atoms with E-state index in [0.717, 1.165) is 5.75 Å². The minimum Gasteiger partial charge on any atom is -0.477 e. The molecular weight excluding hydrogens is 335 g/mol. The van der Waals surface area contributed by atoms with Crippen molar-refractivity contribution in [1.82, 2.24) is 0 Å². The molecular formula is C24H43OP. The predicted octanol–water partition coefficient (Wildman–Crippen LogP) is 8.92. The fraction of sp³-hybridized carbons (Fsp3) is 0.750. The summed E-state index contributed by atoms with van der Waals surface area (Å²) in [6, 6.07) is 10.2. The molecule has 0 fully saturated rings. The van der Waals surface area contributed by atoms with E-state index < -0.39 is 0 Å². The molecule has 0 bridgehead atoms. The number of benzene rings is 1. The van der Waals surface area contributed by atoms with Crippen LogP contribution >= 0.6 is 8.81 Å². The number of hydrogen-bond acceptors (Lipinski definition) is 1. The molecule has 0 aromatic heterocycles. The Morgan fingerprint density at radius 2 is 1.00 bits per heavy atom. The summed E-state index contributed by atoms with van der Waals surface area (Å²) in [4.78, 5) is 0. The van der Waals surface area contributed by atoms with Crippen LogP contribution in [0.2, 0.25) is 0 Å². The average molecular weight is 379 g/mol. The van der Waals surface area contributed by atoms with E-state index in [1.165, 1.54) is 109 Å². The van der Waals surface area contributed by atoms with Crippen molar-refractivity contribution >= 4 is 8.81 Å². The summed E-state index contributed by atoms with van der Waals surface area (Å²) >= 11 is 0. The van der Waals surface area contributed by atoms with Crippen LogP contribution in [0.25, 0.3) is 0 Å². The SMILES string of the molecule is CCCCCCCCCCCCCCCCCCPOc1ccccc1. The van der Waals surface area contributed by atoms with E-state index >= 15 is 0 Å². The van der Waals surface area contributed by atoms with Crippen LogP contribution in [0, 0.1) is 0 Å². The minimum absolute atomic E-state index is 0.621. The summed E-state index contributed by atoms with van der Waals surface area (Å²) in [5, 5.41) is 0. The highest BCUT2D eigenvalue weighted by atomic mass is 31.1. The summed E-state index contributed by atoms with van der Waals surface area (Å²) in [7, 11) is 0.621. The van der Waals surface area contributed by atoms with Crippen molar-refractivity contribution in [2.24, 2.45) is 0 Å². The Kier molecular flexibility index (Phi) is 17.4. The summed E-state index contributed by atoms with van der Waals surface area (Å²) in [6.45, 7) is 2.29. The first-order valence-corrected chi connectivity index (χ1v) is 12.5. The topological polar surface area (TPSA) is 9.23 Å². The van der Waals surface area contributed by atoms with Gasteiger partial charge >= 0.3 is 0 Å². The number of unbranched alkanes of at least 4 members (excludes halogenated alkanes) is 15. The van der Waals surface area contributed by atoms with E-state index in [4.69, 9.17) is 4.52 Å². The van der Waals surface area contributed by atoms with Crippen molar-refractivity contribution in [1.29, 1.82) is 0 Å². The Morgan fingerprint density at radius 3 is 1.46 bits per heavy atom. The lowest BCUT2D eigenvalue weighted by Crippen LogP contribution is -1.85. The van der Waals surface area contributed by atoms with Crippen LogP contribution in [0.5, 0.6) is 5.75 Å². The van der Waals surface area contributed by atoms with Crippen LogP contribution in [0.4, 0.5) is 0 Å². The molecule has 0 heterocycles. The molecule has 0 aliphatic carbocycles. The van der Waals surface area contributed by atoms with Crippen LogP contribution in [-0.4, -0.2) is 6.16 Å². The summed E-state index contributed by atoms with van der Waals surface area (Å²) in [5.74, 6) is 1.02. The highest BCUT2D eigenvalue weighted by Crippen LogP contribution is 2.21. The third-order valence-electron chi connectivity index (χ3n) is 5.07. The van der Waals surface area contributed by atoms with Crippen LogP contribution in [0.15, 0.2) is 30.3 Å². The Balaban J connectivity index is 1.68. The summed E-state index contributed by atoms with van der Waals surface area (Å²) in [6.07, 6.45) is 24.2. The van der Waals surface area contributed by atoms with Crippen LogP contribution in [0.3, 0.4) is 0 Å². The lowest BCUT2D eigenvalue weighted by molar-refractivity contribution is 0.531. The van der Waals surface area contributed by atoms with Crippen molar-refractivity contribution in [2.45, 2.75) is 110 Å². The van der Waals surface area contributed by atoms with Gasteiger partial charge in [-0.15, -0.1) is 0 Å². The quantitative estimate of drug-likeness (QED) is 0.172. The van der Waals surface area contributed by atoms with Crippen molar-refractivity contribution in [3.63, 3.8) is 0 Å². The van der Waals surface area contributed by atoms with E-state index in [0.29, 0.717) is 8.81 Å². The van der Waals surface area contributed by atoms with E-state index in [1.54, 1.807) is 0 Å². The molecule has 1 atom stereocenters. The monoisotopic (exact) mass is 378 g/mol. The second-order valence-electron chi connectivity index (χ2n) is 7.61. The van der Waals surface area contributed by atoms with Crippen molar-refractivity contribution < 1.29 is 4.52 Å². The van der Waals surface area contributed by atoms with Gasteiger partial charge in [0.1, 0.15) is 5.75 Å². The van der Waals surface area contributed by atoms with Crippen LogP contribution in [-0.2, 0) is 0 Å². The first-order valence-electron chi connectivity index (χ1n) is 11.4. The van der Waals surface area contributed by atoms with Gasteiger partial charge in [0, 0.05) is 6.16 Å².